The van der Waals surface area contributed by atoms with Gasteiger partial charge in [0.15, 0.2) is 6.29 Å². The minimum absolute atomic E-state index is 0.168. The second kappa shape index (κ2) is 8.57. The summed E-state index contributed by atoms with van der Waals surface area (Å²) < 4.78 is 16.4. The molecule has 7 nitrogen and oxygen atoms in total. The number of amides is 1. The van der Waals surface area contributed by atoms with Crippen LogP contribution >= 0.6 is 0 Å². The predicted octanol–water partition coefficient (Wildman–Crippen LogP) is 2.84. The number of allylic oxidation sites excluding steroid dienone is 3. The van der Waals surface area contributed by atoms with Crippen molar-refractivity contribution < 1.29 is 9.18 Å². The average Bonchev–Trinajstić information content (AvgIpc) is 2.96. The molecule has 3 aromatic rings. The molecule has 0 saturated heterocycles. The predicted molar refractivity (Wildman–Crippen MR) is 126 cm³/mol. The molecule has 2 atom stereocenters. The van der Waals surface area contributed by atoms with E-state index in [1.165, 1.54) is 12.1 Å². The van der Waals surface area contributed by atoms with Gasteiger partial charge in [0.25, 0.3) is 0 Å². The summed E-state index contributed by atoms with van der Waals surface area (Å²) in [6.45, 7) is 2.58. The van der Waals surface area contributed by atoms with Crippen LogP contribution in [0.5, 0.6) is 0 Å². The lowest BCUT2D eigenvalue weighted by Crippen LogP contribution is -2.57. The van der Waals surface area contributed by atoms with Gasteiger partial charge in [0, 0.05) is 23.8 Å². The molecule has 2 aromatic carbocycles. The topological polar surface area (TPSA) is 96.1 Å². The Morgan fingerprint density at radius 3 is 2.79 bits per heavy atom. The zero-order valence-electron chi connectivity index (χ0n) is 18.1. The first kappa shape index (κ1) is 21.0. The molecular weight excluding hydrogens is 419 g/mol. The van der Waals surface area contributed by atoms with Gasteiger partial charge >= 0.3 is 0 Å². The molecule has 33 heavy (non-hydrogen) atoms. The minimum Gasteiger partial charge on any atom is -0.366 e. The maximum absolute atomic E-state index is 14.4. The minimum atomic E-state index is -0.657. The molecule has 2 aliphatic rings. The van der Waals surface area contributed by atoms with Gasteiger partial charge < -0.3 is 20.9 Å². The van der Waals surface area contributed by atoms with E-state index in [2.05, 4.69) is 33.4 Å². The van der Waals surface area contributed by atoms with E-state index in [-0.39, 0.29) is 11.7 Å². The molecule has 5 rings (SSSR count). The number of halogens is 1. The highest BCUT2D eigenvalue weighted by atomic mass is 19.1. The van der Waals surface area contributed by atoms with Gasteiger partial charge in [0.1, 0.15) is 12.0 Å². The Labute approximate surface area is 190 Å². The number of nitrogens with zero attached hydrogens (tertiary/aromatic N) is 1. The maximum atomic E-state index is 14.4. The number of nitrogens with two attached hydrogens (primary N) is 1. The van der Waals surface area contributed by atoms with Crippen molar-refractivity contribution >= 4 is 16.8 Å². The fourth-order valence-corrected chi connectivity index (χ4v) is 4.39. The molecule has 0 spiro atoms. The summed E-state index contributed by atoms with van der Waals surface area (Å²) in [5, 5.41) is 14.6. The van der Waals surface area contributed by atoms with E-state index in [9.17, 15) is 9.18 Å². The number of aromatic nitrogens is 1. The van der Waals surface area contributed by atoms with Crippen molar-refractivity contribution in [3.05, 3.63) is 107 Å². The van der Waals surface area contributed by atoms with E-state index < -0.39 is 18.0 Å². The van der Waals surface area contributed by atoms with Crippen LogP contribution in [0.3, 0.4) is 0 Å². The Morgan fingerprint density at radius 1 is 1.18 bits per heavy atom. The van der Waals surface area contributed by atoms with Gasteiger partial charge in [-0.25, -0.2) is 4.39 Å². The Balaban J connectivity index is 1.54. The van der Waals surface area contributed by atoms with Crippen LogP contribution in [0, 0.1) is 12.7 Å². The van der Waals surface area contributed by atoms with Crippen LogP contribution in [-0.4, -0.2) is 16.6 Å². The second-order valence-electron chi connectivity index (χ2n) is 8.11. The first-order chi connectivity index (χ1) is 16.0. The lowest BCUT2D eigenvalue weighted by molar-refractivity contribution is 0.100. The number of hydrogen-bond acceptors (Lipinski definition) is 5. The van der Waals surface area contributed by atoms with Gasteiger partial charge in [0.2, 0.25) is 5.91 Å². The molecule has 2 unspecified atom stereocenters. The number of carbonyl (C=O) groups is 1. The molecule has 8 heteroatoms. The summed E-state index contributed by atoms with van der Waals surface area (Å²) >= 11 is 0. The van der Waals surface area contributed by atoms with Gasteiger partial charge in [-0.3, -0.25) is 15.4 Å². The summed E-state index contributed by atoms with van der Waals surface area (Å²) in [5.74, 6) is -1.17. The summed E-state index contributed by atoms with van der Waals surface area (Å²) in [6.07, 6.45) is 7.12. The molecule has 3 heterocycles. The number of fused-ring (bicyclic) bond motifs is 1. The molecule has 1 aromatic heterocycles. The number of nitrogens with one attached hydrogen (secondary N) is 4. The fraction of sp³-hybridized carbons (Fsp3) is 0.160. The zero-order chi connectivity index (χ0) is 22.9. The zero-order valence-corrected chi connectivity index (χ0v) is 18.1. The summed E-state index contributed by atoms with van der Waals surface area (Å²) in [4.78, 5) is 11.9. The van der Waals surface area contributed by atoms with Crippen molar-refractivity contribution in [1.82, 2.24) is 25.8 Å². The summed E-state index contributed by atoms with van der Waals surface area (Å²) in [5.41, 5.74) is 10.1. The first-order valence-corrected chi connectivity index (χ1v) is 10.8. The highest BCUT2D eigenvalue weighted by Crippen LogP contribution is 2.29. The average molecular weight is 445 g/mol. The fourth-order valence-electron chi connectivity index (χ4n) is 4.39. The number of primary amides is 1. The van der Waals surface area contributed by atoms with Crippen LogP contribution in [0.25, 0.3) is 10.9 Å². The Hall–Kier alpha value is -3.88. The van der Waals surface area contributed by atoms with E-state index >= 15 is 0 Å². The normalized spacial score (nSPS) is 19.7. The van der Waals surface area contributed by atoms with Crippen molar-refractivity contribution in [2.75, 3.05) is 0 Å². The third-order valence-electron chi connectivity index (χ3n) is 5.90. The largest absolute Gasteiger partial charge is 0.366 e. The molecule has 168 valence electrons. The molecule has 0 saturated carbocycles. The summed E-state index contributed by atoms with van der Waals surface area (Å²) in [7, 11) is 0. The first-order valence-electron chi connectivity index (χ1n) is 10.8. The Kier molecular flexibility index (Phi) is 5.45. The standard InChI is InChI=1S/C25H25FN6O/c1-15-11-18-19(23(27)33)12-17(26)13-21(18)32(15)25-30-20-9-5-6-10-28-22(20)24(31-25)29-14-16-7-3-2-4-8-16/h2-13,24-25,28-31H,14H2,1H3,(H2,27,33). The molecule has 0 radical (unpaired) electrons. The monoisotopic (exact) mass is 444 g/mol. The van der Waals surface area contributed by atoms with Gasteiger partial charge in [0.05, 0.1) is 22.5 Å². The van der Waals surface area contributed by atoms with Crippen molar-refractivity contribution in [2.24, 2.45) is 5.73 Å². The second-order valence-corrected chi connectivity index (χ2v) is 8.11. The molecule has 0 bridgehead atoms. The van der Waals surface area contributed by atoms with Gasteiger partial charge in [-0.1, -0.05) is 36.4 Å². The quantitative estimate of drug-likeness (QED) is 0.417. The van der Waals surface area contributed by atoms with E-state index in [0.29, 0.717) is 17.4 Å². The van der Waals surface area contributed by atoms with Crippen molar-refractivity contribution in [2.45, 2.75) is 25.9 Å². The molecule has 1 amide bonds. The Morgan fingerprint density at radius 2 is 2.00 bits per heavy atom. The van der Waals surface area contributed by atoms with Crippen LogP contribution in [0.2, 0.25) is 0 Å². The number of aryl methyl sites for hydroxylation is 1. The number of rotatable bonds is 5. The van der Waals surface area contributed by atoms with E-state index in [1.807, 2.05) is 60.2 Å². The lowest BCUT2D eigenvalue weighted by Gasteiger charge is -2.37. The van der Waals surface area contributed by atoms with Crippen LogP contribution in [-0.2, 0) is 6.54 Å². The highest BCUT2D eigenvalue weighted by Gasteiger charge is 2.30. The molecular formula is C25H25FN6O. The molecule has 2 aliphatic heterocycles. The van der Waals surface area contributed by atoms with Crippen molar-refractivity contribution in [1.29, 1.82) is 0 Å². The molecule has 0 aliphatic carbocycles. The SMILES string of the molecule is Cc1cc2c(C(N)=O)cc(F)cc2n1C1NC2=C(NC=CC=C2)C(NCc2ccccc2)N1. The smallest absolute Gasteiger partial charge is 0.249 e. The van der Waals surface area contributed by atoms with Crippen molar-refractivity contribution in [3.8, 4) is 0 Å². The van der Waals surface area contributed by atoms with Crippen LogP contribution in [0.4, 0.5) is 4.39 Å². The highest BCUT2D eigenvalue weighted by molar-refractivity contribution is 6.06. The third kappa shape index (κ3) is 4.02. The lowest BCUT2D eigenvalue weighted by atomic mass is 10.1. The summed E-state index contributed by atoms with van der Waals surface area (Å²) in [6, 6.07) is 14.6. The van der Waals surface area contributed by atoms with E-state index in [1.54, 1.807) is 0 Å². The number of hydrogen-bond donors (Lipinski definition) is 5. The maximum Gasteiger partial charge on any atom is 0.249 e. The van der Waals surface area contributed by atoms with Crippen LogP contribution < -0.4 is 27.0 Å². The van der Waals surface area contributed by atoms with E-state index in [4.69, 9.17) is 5.73 Å². The van der Waals surface area contributed by atoms with Crippen LogP contribution in [0.1, 0.15) is 27.9 Å². The van der Waals surface area contributed by atoms with Crippen LogP contribution in [0.15, 0.2) is 84.4 Å². The third-order valence-corrected chi connectivity index (χ3v) is 5.90. The van der Waals surface area contributed by atoms with Gasteiger partial charge in [-0.2, -0.15) is 0 Å². The number of benzene rings is 2. The van der Waals surface area contributed by atoms with Gasteiger partial charge in [-0.15, -0.1) is 0 Å². The molecule has 6 N–H and O–H groups in total. The molecule has 0 fully saturated rings. The van der Waals surface area contributed by atoms with Gasteiger partial charge in [-0.05, 0) is 42.8 Å². The Bertz CT molecular complexity index is 1310. The van der Waals surface area contributed by atoms with E-state index in [0.717, 1.165) is 22.7 Å². The number of carbonyl (C=O) groups excluding carboxylic acids is 1. The van der Waals surface area contributed by atoms with Crippen molar-refractivity contribution in [3.63, 3.8) is 0 Å².